The molecule has 0 aromatic rings. The summed E-state index contributed by atoms with van der Waals surface area (Å²) >= 11 is 4.24. The van der Waals surface area contributed by atoms with E-state index in [4.69, 9.17) is 0 Å². The van der Waals surface area contributed by atoms with Crippen LogP contribution in [0.25, 0.3) is 0 Å². The van der Waals surface area contributed by atoms with Crippen LogP contribution in [0.3, 0.4) is 0 Å². The van der Waals surface area contributed by atoms with Crippen LogP contribution in [0.15, 0.2) is 0 Å². The number of hydrogen-bond donors (Lipinski definition) is 2. The maximum Gasteiger partial charge on any atom is 0.0758 e. The zero-order valence-electron chi connectivity index (χ0n) is 7.95. The number of hydrogen-bond acceptors (Lipinski definition) is 3. The monoisotopic (exact) mass is 189 g/mol. The normalized spacial score (nSPS) is 34.0. The molecule has 0 aliphatic carbocycles. The minimum atomic E-state index is -0.448. The standard InChI is InChI=1S/C9H19NOS/c1-8(6-12)5-10-4-3-9(2,11)7-10/h8,11-12H,3-7H2,1-2H3. The fourth-order valence-electron chi connectivity index (χ4n) is 1.69. The summed E-state index contributed by atoms with van der Waals surface area (Å²) in [5, 5.41) is 9.69. The van der Waals surface area contributed by atoms with E-state index in [1.807, 2.05) is 6.92 Å². The first-order valence-electron chi connectivity index (χ1n) is 4.59. The molecule has 0 radical (unpaired) electrons. The third kappa shape index (κ3) is 2.96. The van der Waals surface area contributed by atoms with Crippen LogP contribution in [-0.4, -0.2) is 41.0 Å². The highest BCUT2D eigenvalue weighted by atomic mass is 32.1. The highest BCUT2D eigenvalue weighted by Crippen LogP contribution is 2.20. The van der Waals surface area contributed by atoms with E-state index >= 15 is 0 Å². The molecule has 2 nitrogen and oxygen atoms in total. The molecule has 1 heterocycles. The SMILES string of the molecule is CC(CS)CN1CCC(C)(O)C1. The predicted molar refractivity (Wildman–Crippen MR) is 54.7 cm³/mol. The molecule has 1 aliphatic heterocycles. The smallest absolute Gasteiger partial charge is 0.0758 e. The second-order valence-corrected chi connectivity index (χ2v) is 4.63. The topological polar surface area (TPSA) is 23.5 Å². The molecule has 12 heavy (non-hydrogen) atoms. The largest absolute Gasteiger partial charge is 0.389 e. The highest BCUT2D eigenvalue weighted by Gasteiger charge is 2.31. The Bertz CT molecular complexity index is 149. The summed E-state index contributed by atoms with van der Waals surface area (Å²) in [5.74, 6) is 1.56. The van der Waals surface area contributed by atoms with Crippen LogP contribution in [0, 0.1) is 5.92 Å². The van der Waals surface area contributed by atoms with Crippen molar-refractivity contribution in [3.05, 3.63) is 0 Å². The van der Waals surface area contributed by atoms with Crippen LogP contribution in [-0.2, 0) is 0 Å². The number of aliphatic hydroxyl groups is 1. The van der Waals surface area contributed by atoms with E-state index in [1.54, 1.807) is 0 Å². The van der Waals surface area contributed by atoms with Gasteiger partial charge in [0.15, 0.2) is 0 Å². The van der Waals surface area contributed by atoms with E-state index in [0.717, 1.165) is 31.8 Å². The number of β-amino-alcohol motifs (C(OH)–C–C–N with tert-alkyl or cyclic N) is 1. The molecule has 0 aromatic heterocycles. The number of thiol groups is 1. The summed E-state index contributed by atoms with van der Waals surface area (Å²) in [7, 11) is 0. The van der Waals surface area contributed by atoms with Crippen LogP contribution in [0.5, 0.6) is 0 Å². The Morgan fingerprint density at radius 2 is 2.33 bits per heavy atom. The summed E-state index contributed by atoms with van der Waals surface area (Å²) in [6.07, 6.45) is 0.909. The first kappa shape index (κ1) is 10.4. The van der Waals surface area contributed by atoms with Crippen molar-refractivity contribution in [2.45, 2.75) is 25.9 Å². The molecule has 2 atom stereocenters. The molecule has 1 rings (SSSR count). The zero-order chi connectivity index (χ0) is 9.19. The fourth-order valence-corrected chi connectivity index (χ4v) is 1.81. The summed E-state index contributed by atoms with van der Waals surface area (Å²) in [6, 6.07) is 0. The quantitative estimate of drug-likeness (QED) is 0.647. The van der Waals surface area contributed by atoms with Gasteiger partial charge in [-0.1, -0.05) is 6.92 Å². The van der Waals surface area contributed by atoms with Crippen molar-refractivity contribution in [1.82, 2.24) is 4.90 Å². The summed E-state index contributed by atoms with van der Waals surface area (Å²) in [4.78, 5) is 2.32. The third-order valence-corrected chi connectivity index (χ3v) is 3.04. The van der Waals surface area contributed by atoms with Gasteiger partial charge in [0.25, 0.3) is 0 Å². The highest BCUT2D eigenvalue weighted by molar-refractivity contribution is 7.80. The van der Waals surface area contributed by atoms with Crippen LogP contribution < -0.4 is 0 Å². The molecular formula is C9H19NOS. The van der Waals surface area contributed by atoms with Gasteiger partial charge >= 0.3 is 0 Å². The van der Waals surface area contributed by atoms with Gasteiger partial charge in [-0.25, -0.2) is 0 Å². The minimum absolute atomic E-state index is 0.448. The Morgan fingerprint density at radius 3 is 2.75 bits per heavy atom. The van der Waals surface area contributed by atoms with E-state index in [0.29, 0.717) is 5.92 Å². The lowest BCUT2D eigenvalue weighted by molar-refractivity contribution is 0.0675. The van der Waals surface area contributed by atoms with Gasteiger partial charge in [0.1, 0.15) is 0 Å². The Hall–Kier alpha value is 0.270. The maximum atomic E-state index is 9.69. The van der Waals surface area contributed by atoms with Crippen molar-refractivity contribution in [1.29, 1.82) is 0 Å². The number of likely N-dealkylation sites (tertiary alicyclic amines) is 1. The molecule has 72 valence electrons. The van der Waals surface area contributed by atoms with E-state index in [9.17, 15) is 5.11 Å². The van der Waals surface area contributed by atoms with E-state index < -0.39 is 5.60 Å². The maximum absolute atomic E-state index is 9.69. The molecule has 0 amide bonds. The second kappa shape index (κ2) is 3.99. The van der Waals surface area contributed by atoms with Gasteiger partial charge < -0.3 is 10.0 Å². The third-order valence-electron chi connectivity index (χ3n) is 2.41. The predicted octanol–water partition coefficient (Wildman–Crippen LogP) is 1.01. The molecule has 0 spiro atoms. The number of nitrogens with zero attached hydrogens (tertiary/aromatic N) is 1. The summed E-state index contributed by atoms with van der Waals surface area (Å²) in [6.45, 7) is 7.04. The van der Waals surface area contributed by atoms with Crippen LogP contribution in [0.2, 0.25) is 0 Å². The molecule has 3 heteroatoms. The van der Waals surface area contributed by atoms with Gasteiger partial charge in [0, 0.05) is 19.6 Å². The average Bonchev–Trinajstić information content (AvgIpc) is 2.30. The van der Waals surface area contributed by atoms with Crippen molar-refractivity contribution >= 4 is 12.6 Å². The Labute approximate surface area is 80.4 Å². The molecule has 1 saturated heterocycles. The molecule has 0 bridgehead atoms. The molecular weight excluding hydrogens is 170 g/mol. The van der Waals surface area contributed by atoms with Crippen molar-refractivity contribution in [3.8, 4) is 0 Å². The first-order valence-corrected chi connectivity index (χ1v) is 5.22. The Kier molecular flexibility index (Phi) is 3.44. The molecule has 1 fully saturated rings. The van der Waals surface area contributed by atoms with Gasteiger partial charge in [0.05, 0.1) is 5.60 Å². The van der Waals surface area contributed by atoms with E-state index in [1.165, 1.54) is 0 Å². The zero-order valence-corrected chi connectivity index (χ0v) is 8.85. The van der Waals surface area contributed by atoms with Crippen LogP contribution in [0.1, 0.15) is 20.3 Å². The molecule has 0 saturated carbocycles. The lowest BCUT2D eigenvalue weighted by atomic mass is 10.1. The summed E-state index contributed by atoms with van der Waals surface area (Å²) < 4.78 is 0. The van der Waals surface area contributed by atoms with E-state index in [2.05, 4.69) is 24.5 Å². The van der Waals surface area contributed by atoms with Gasteiger partial charge in [-0.3, -0.25) is 0 Å². The second-order valence-electron chi connectivity index (χ2n) is 4.27. The van der Waals surface area contributed by atoms with Crippen molar-refractivity contribution in [3.63, 3.8) is 0 Å². The van der Waals surface area contributed by atoms with Crippen LogP contribution in [0.4, 0.5) is 0 Å². The average molecular weight is 189 g/mol. The van der Waals surface area contributed by atoms with Crippen molar-refractivity contribution in [2.24, 2.45) is 5.92 Å². The van der Waals surface area contributed by atoms with Gasteiger partial charge in [0.2, 0.25) is 0 Å². The van der Waals surface area contributed by atoms with E-state index in [-0.39, 0.29) is 0 Å². The van der Waals surface area contributed by atoms with Crippen molar-refractivity contribution < 1.29 is 5.11 Å². The molecule has 2 unspecified atom stereocenters. The molecule has 1 aliphatic rings. The minimum Gasteiger partial charge on any atom is -0.389 e. The Balaban J connectivity index is 2.28. The first-order chi connectivity index (χ1) is 5.53. The summed E-state index contributed by atoms with van der Waals surface area (Å²) in [5.41, 5.74) is -0.448. The Morgan fingerprint density at radius 1 is 1.67 bits per heavy atom. The fraction of sp³-hybridized carbons (Fsp3) is 1.00. The van der Waals surface area contributed by atoms with Crippen molar-refractivity contribution in [2.75, 3.05) is 25.4 Å². The van der Waals surface area contributed by atoms with Gasteiger partial charge in [-0.2, -0.15) is 12.6 Å². The van der Waals surface area contributed by atoms with Crippen LogP contribution >= 0.6 is 12.6 Å². The molecule has 1 N–H and O–H groups in total. The van der Waals surface area contributed by atoms with Gasteiger partial charge in [-0.15, -0.1) is 0 Å². The number of rotatable bonds is 3. The molecule has 0 aromatic carbocycles. The lowest BCUT2D eigenvalue weighted by Gasteiger charge is -2.21. The van der Waals surface area contributed by atoms with Gasteiger partial charge in [-0.05, 0) is 25.0 Å². The lowest BCUT2D eigenvalue weighted by Crippen LogP contribution is -2.32.